The quantitative estimate of drug-likeness (QED) is 0.827. The van der Waals surface area contributed by atoms with Crippen molar-refractivity contribution in [2.45, 2.75) is 26.0 Å². The summed E-state index contributed by atoms with van der Waals surface area (Å²) in [5.41, 5.74) is 1.97. The van der Waals surface area contributed by atoms with Crippen LogP contribution in [-0.2, 0) is 6.54 Å². The minimum atomic E-state index is -0.174. The fraction of sp³-hybridized carbons (Fsp3) is 0.583. The van der Waals surface area contributed by atoms with E-state index >= 15 is 0 Å². The van der Waals surface area contributed by atoms with E-state index in [2.05, 4.69) is 9.88 Å². The highest BCUT2D eigenvalue weighted by Crippen LogP contribution is 2.17. The second-order valence-corrected chi connectivity index (χ2v) is 4.32. The van der Waals surface area contributed by atoms with E-state index in [0.29, 0.717) is 0 Å². The first-order valence-electron chi connectivity index (χ1n) is 5.59. The molecule has 0 bridgehead atoms. The van der Waals surface area contributed by atoms with Gasteiger partial charge in [-0.1, -0.05) is 0 Å². The van der Waals surface area contributed by atoms with Crippen molar-refractivity contribution in [2.75, 3.05) is 20.2 Å². The molecule has 88 valence electrons. The Kier molecular flexibility index (Phi) is 3.41. The van der Waals surface area contributed by atoms with Crippen LogP contribution in [0.5, 0.6) is 5.75 Å². The molecule has 0 amide bonds. The van der Waals surface area contributed by atoms with Gasteiger partial charge in [-0.2, -0.15) is 0 Å². The largest absolute Gasteiger partial charge is 0.497 e. The van der Waals surface area contributed by atoms with Crippen molar-refractivity contribution in [2.24, 2.45) is 0 Å². The molecule has 1 fully saturated rings. The van der Waals surface area contributed by atoms with Crippen molar-refractivity contribution in [3.63, 3.8) is 0 Å². The Morgan fingerprint density at radius 2 is 2.38 bits per heavy atom. The van der Waals surface area contributed by atoms with Crippen molar-refractivity contribution in [3.8, 4) is 5.75 Å². The molecule has 2 rings (SSSR count). The van der Waals surface area contributed by atoms with Crippen LogP contribution in [0.1, 0.15) is 17.8 Å². The van der Waals surface area contributed by atoms with Crippen LogP contribution in [0.25, 0.3) is 0 Å². The van der Waals surface area contributed by atoms with Crippen LogP contribution < -0.4 is 4.74 Å². The maximum Gasteiger partial charge on any atom is 0.122 e. The van der Waals surface area contributed by atoms with Gasteiger partial charge in [-0.15, -0.1) is 0 Å². The van der Waals surface area contributed by atoms with Crippen LogP contribution in [0, 0.1) is 6.92 Å². The number of β-amino-alcohol motifs (C(OH)–C–C–N with tert-alkyl or cyclic N) is 1. The van der Waals surface area contributed by atoms with Gasteiger partial charge in [-0.05, 0) is 13.3 Å². The van der Waals surface area contributed by atoms with Crippen molar-refractivity contribution < 1.29 is 9.84 Å². The topological polar surface area (TPSA) is 45.6 Å². The number of aliphatic hydroxyl groups is 1. The Hall–Kier alpha value is -1.13. The second-order valence-electron chi connectivity index (χ2n) is 4.32. The van der Waals surface area contributed by atoms with E-state index in [-0.39, 0.29) is 6.10 Å². The third-order valence-corrected chi connectivity index (χ3v) is 2.85. The molecule has 2 heterocycles. The summed E-state index contributed by atoms with van der Waals surface area (Å²) in [6.45, 7) is 4.44. The van der Waals surface area contributed by atoms with E-state index in [0.717, 1.165) is 43.2 Å². The number of pyridine rings is 1. The molecule has 16 heavy (non-hydrogen) atoms. The molecule has 0 aromatic carbocycles. The van der Waals surface area contributed by atoms with Crippen LogP contribution in [-0.4, -0.2) is 41.3 Å². The molecular formula is C12H18N2O2. The number of rotatable bonds is 3. The highest BCUT2D eigenvalue weighted by Gasteiger charge is 2.20. The molecule has 1 N–H and O–H groups in total. The zero-order valence-corrected chi connectivity index (χ0v) is 9.81. The number of nitrogens with zero attached hydrogens (tertiary/aromatic N) is 2. The van der Waals surface area contributed by atoms with E-state index in [4.69, 9.17) is 4.74 Å². The molecule has 4 nitrogen and oxygen atoms in total. The number of aromatic nitrogens is 1. The standard InChI is InChI=1S/C12H18N2O2/c1-9-5-12(16-2)6-10(13-9)7-14-4-3-11(15)8-14/h5-6,11,15H,3-4,7-8H2,1-2H3/t11-/m1/s1. The monoisotopic (exact) mass is 222 g/mol. The Labute approximate surface area is 95.9 Å². The van der Waals surface area contributed by atoms with Crippen LogP contribution >= 0.6 is 0 Å². The minimum Gasteiger partial charge on any atom is -0.497 e. The lowest BCUT2D eigenvalue weighted by Gasteiger charge is -2.15. The fourth-order valence-corrected chi connectivity index (χ4v) is 2.09. The summed E-state index contributed by atoms with van der Waals surface area (Å²) in [5, 5.41) is 9.45. The van der Waals surface area contributed by atoms with Gasteiger partial charge >= 0.3 is 0 Å². The summed E-state index contributed by atoms with van der Waals surface area (Å²) in [6.07, 6.45) is 0.690. The van der Waals surface area contributed by atoms with Crippen LogP contribution in [0.3, 0.4) is 0 Å². The molecular weight excluding hydrogens is 204 g/mol. The number of aryl methyl sites for hydroxylation is 1. The van der Waals surface area contributed by atoms with Gasteiger partial charge in [-0.3, -0.25) is 9.88 Å². The Morgan fingerprint density at radius 1 is 1.56 bits per heavy atom. The number of methoxy groups -OCH3 is 1. The second kappa shape index (κ2) is 4.80. The Bertz CT molecular complexity index is 368. The van der Waals surface area contributed by atoms with Gasteiger partial charge in [0.1, 0.15) is 5.75 Å². The summed E-state index contributed by atoms with van der Waals surface area (Å²) in [5.74, 6) is 0.849. The Morgan fingerprint density at radius 3 is 3.00 bits per heavy atom. The first kappa shape index (κ1) is 11.4. The molecule has 1 saturated heterocycles. The van der Waals surface area contributed by atoms with E-state index in [9.17, 15) is 5.11 Å². The van der Waals surface area contributed by atoms with Gasteiger partial charge < -0.3 is 9.84 Å². The van der Waals surface area contributed by atoms with Gasteiger partial charge in [0, 0.05) is 37.5 Å². The number of hydrogen-bond donors (Lipinski definition) is 1. The van der Waals surface area contributed by atoms with Crippen molar-refractivity contribution in [3.05, 3.63) is 23.5 Å². The van der Waals surface area contributed by atoms with Gasteiger partial charge in [0.15, 0.2) is 0 Å². The molecule has 0 spiro atoms. The van der Waals surface area contributed by atoms with Gasteiger partial charge in [0.05, 0.1) is 18.9 Å². The van der Waals surface area contributed by atoms with Crippen LogP contribution in [0.2, 0.25) is 0 Å². The SMILES string of the molecule is COc1cc(C)nc(CN2CC[C@@H](O)C2)c1. The average molecular weight is 222 g/mol. The predicted molar refractivity (Wildman–Crippen MR) is 61.4 cm³/mol. The number of likely N-dealkylation sites (tertiary alicyclic amines) is 1. The zero-order chi connectivity index (χ0) is 11.5. The summed E-state index contributed by atoms with van der Waals surface area (Å²) in [4.78, 5) is 6.68. The highest BCUT2D eigenvalue weighted by atomic mass is 16.5. The van der Waals surface area contributed by atoms with Crippen LogP contribution in [0.4, 0.5) is 0 Å². The van der Waals surface area contributed by atoms with Gasteiger partial charge in [0.2, 0.25) is 0 Å². The molecule has 1 aliphatic rings. The van der Waals surface area contributed by atoms with E-state index in [1.165, 1.54) is 0 Å². The maximum absolute atomic E-state index is 9.45. The fourth-order valence-electron chi connectivity index (χ4n) is 2.09. The van der Waals surface area contributed by atoms with Crippen molar-refractivity contribution in [1.29, 1.82) is 0 Å². The minimum absolute atomic E-state index is 0.174. The first-order valence-corrected chi connectivity index (χ1v) is 5.59. The smallest absolute Gasteiger partial charge is 0.122 e. The van der Waals surface area contributed by atoms with Crippen molar-refractivity contribution in [1.82, 2.24) is 9.88 Å². The van der Waals surface area contributed by atoms with E-state index in [1.54, 1.807) is 7.11 Å². The molecule has 1 aromatic rings. The highest BCUT2D eigenvalue weighted by molar-refractivity contribution is 5.26. The molecule has 0 radical (unpaired) electrons. The van der Waals surface area contributed by atoms with E-state index in [1.807, 2.05) is 19.1 Å². The molecule has 1 atom stereocenters. The summed E-state index contributed by atoms with van der Waals surface area (Å²) < 4.78 is 5.21. The van der Waals surface area contributed by atoms with E-state index < -0.39 is 0 Å². The molecule has 1 aliphatic heterocycles. The summed E-state index contributed by atoms with van der Waals surface area (Å²) >= 11 is 0. The average Bonchev–Trinajstić information content (AvgIpc) is 2.63. The van der Waals surface area contributed by atoms with Crippen molar-refractivity contribution >= 4 is 0 Å². The lowest BCUT2D eigenvalue weighted by Crippen LogP contribution is -2.22. The maximum atomic E-state index is 9.45. The summed E-state index contributed by atoms with van der Waals surface area (Å²) in [6, 6.07) is 3.88. The molecule has 0 unspecified atom stereocenters. The molecule has 0 aliphatic carbocycles. The summed E-state index contributed by atoms with van der Waals surface area (Å²) in [7, 11) is 1.66. The number of aliphatic hydroxyl groups excluding tert-OH is 1. The number of ether oxygens (including phenoxy) is 1. The predicted octanol–water partition coefficient (Wildman–Crippen LogP) is 0.965. The molecule has 1 aromatic heterocycles. The van der Waals surface area contributed by atoms with Gasteiger partial charge in [0.25, 0.3) is 0 Å². The third-order valence-electron chi connectivity index (χ3n) is 2.85. The van der Waals surface area contributed by atoms with Crippen LogP contribution in [0.15, 0.2) is 12.1 Å². The zero-order valence-electron chi connectivity index (χ0n) is 9.81. The van der Waals surface area contributed by atoms with Gasteiger partial charge in [-0.25, -0.2) is 0 Å². The lowest BCUT2D eigenvalue weighted by molar-refractivity contribution is 0.174. The normalized spacial score (nSPS) is 21.3. The molecule has 0 saturated carbocycles. The Balaban J connectivity index is 2.06. The molecule has 4 heteroatoms. The first-order chi connectivity index (χ1) is 7.67. The third kappa shape index (κ3) is 2.71. The number of hydrogen-bond acceptors (Lipinski definition) is 4. The lowest BCUT2D eigenvalue weighted by atomic mass is 10.3.